The molecule has 0 spiro atoms. The first-order chi connectivity index (χ1) is 27.7. The second-order valence-electron chi connectivity index (χ2n) is 14.0. The minimum atomic E-state index is 0.637. The van der Waals surface area contributed by atoms with Crippen molar-refractivity contribution < 1.29 is 0 Å². The van der Waals surface area contributed by atoms with Crippen LogP contribution < -0.4 is 0 Å². The number of benzene rings is 8. The molecule has 3 aromatic heterocycles. The zero-order valence-corrected chi connectivity index (χ0v) is 31.0. The molecular formula is C51H32N4S. The summed E-state index contributed by atoms with van der Waals surface area (Å²) in [4.78, 5) is 15.6. The van der Waals surface area contributed by atoms with Gasteiger partial charge in [0.25, 0.3) is 0 Å². The van der Waals surface area contributed by atoms with Crippen LogP contribution in [-0.2, 0) is 0 Å². The van der Waals surface area contributed by atoms with Gasteiger partial charge in [0, 0.05) is 53.3 Å². The van der Waals surface area contributed by atoms with Gasteiger partial charge < -0.3 is 4.57 Å². The number of rotatable bonds is 6. The predicted octanol–water partition coefficient (Wildman–Crippen LogP) is 13.7. The first-order valence-corrected chi connectivity index (χ1v) is 19.6. The van der Waals surface area contributed by atoms with E-state index in [-0.39, 0.29) is 0 Å². The first-order valence-electron chi connectivity index (χ1n) is 18.8. The molecule has 4 nitrogen and oxygen atoms in total. The number of fused-ring (bicyclic) bond motifs is 6. The van der Waals surface area contributed by atoms with Crippen LogP contribution >= 0.6 is 11.3 Å². The van der Waals surface area contributed by atoms with Crippen molar-refractivity contribution in [1.29, 1.82) is 0 Å². The average molecular weight is 733 g/mol. The Morgan fingerprint density at radius 2 is 0.839 bits per heavy atom. The molecule has 262 valence electrons. The van der Waals surface area contributed by atoms with Crippen molar-refractivity contribution in [3.63, 3.8) is 0 Å². The second kappa shape index (κ2) is 13.3. The molecule has 8 aromatic carbocycles. The van der Waals surface area contributed by atoms with Crippen LogP contribution in [0.1, 0.15) is 0 Å². The number of hydrogen-bond acceptors (Lipinski definition) is 4. The van der Waals surface area contributed by atoms with Crippen LogP contribution in [0.15, 0.2) is 194 Å². The highest BCUT2D eigenvalue weighted by Crippen LogP contribution is 2.43. The zero-order chi connectivity index (χ0) is 37.0. The SMILES string of the molecule is c1ccc(-c2ccc(-c3nc(-c4ccccc4)nc(-c4cc(-n5c6ccccc6c6cc(-c7ccccc7)ccc65)cc5c4sc4ccccc45)n3)cc2)cc1. The molecule has 11 aromatic rings. The molecule has 0 bridgehead atoms. The Bertz CT molecular complexity index is 3220. The molecule has 0 saturated carbocycles. The van der Waals surface area contributed by atoms with Crippen LogP contribution in [0.25, 0.3) is 104 Å². The quantitative estimate of drug-likeness (QED) is 0.171. The minimum Gasteiger partial charge on any atom is -0.309 e. The normalized spacial score (nSPS) is 11.6. The molecule has 0 atom stereocenters. The number of hydrogen-bond donors (Lipinski definition) is 0. The summed E-state index contributed by atoms with van der Waals surface area (Å²) in [7, 11) is 0. The topological polar surface area (TPSA) is 43.6 Å². The molecule has 11 rings (SSSR count). The van der Waals surface area contributed by atoms with E-state index in [4.69, 9.17) is 15.0 Å². The second-order valence-corrected chi connectivity index (χ2v) is 15.1. The van der Waals surface area contributed by atoms with Crippen molar-refractivity contribution in [3.05, 3.63) is 194 Å². The fourth-order valence-corrected chi connectivity index (χ4v) is 9.15. The van der Waals surface area contributed by atoms with Crippen molar-refractivity contribution in [2.24, 2.45) is 0 Å². The lowest BCUT2D eigenvalue weighted by atomic mass is 10.0. The van der Waals surface area contributed by atoms with Gasteiger partial charge in [-0.15, -0.1) is 11.3 Å². The predicted molar refractivity (Wildman–Crippen MR) is 234 cm³/mol. The minimum absolute atomic E-state index is 0.637. The summed E-state index contributed by atoms with van der Waals surface area (Å²) in [6.07, 6.45) is 0. The molecular weight excluding hydrogens is 701 g/mol. The molecule has 0 saturated heterocycles. The monoisotopic (exact) mass is 732 g/mol. The summed E-state index contributed by atoms with van der Waals surface area (Å²) in [5.74, 6) is 1.92. The van der Waals surface area contributed by atoms with E-state index >= 15 is 0 Å². The van der Waals surface area contributed by atoms with E-state index in [1.54, 1.807) is 11.3 Å². The van der Waals surface area contributed by atoms with E-state index in [1.165, 1.54) is 42.9 Å². The van der Waals surface area contributed by atoms with Crippen LogP contribution in [0.3, 0.4) is 0 Å². The van der Waals surface area contributed by atoms with Gasteiger partial charge in [0.1, 0.15) is 0 Å². The van der Waals surface area contributed by atoms with Gasteiger partial charge in [-0.25, -0.2) is 15.0 Å². The van der Waals surface area contributed by atoms with Crippen molar-refractivity contribution in [2.75, 3.05) is 0 Å². The fraction of sp³-hybridized carbons (Fsp3) is 0. The summed E-state index contributed by atoms with van der Waals surface area (Å²) in [6.45, 7) is 0. The maximum absolute atomic E-state index is 5.29. The van der Waals surface area contributed by atoms with Gasteiger partial charge in [0.15, 0.2) is 17.5 Å². The maximum atomic E-state index is 5.29. The smallest absolute Gasteiger partial charge is 0.165 e. The molecule has 5 heteroatoms. The summed E-state index contributed by atoms with van der Waals surface area (Å²) in [5, 5.41) is 4.83. The first kappa shape index (κ1) is 32.2. The van der Waals surface area contributed by atoms with Crippen molar-refractivity contribution in [2.45, 2.75) is 0 Å². The number of aromatic nitrogens is 4. The van der Waals surface area contributed by atoms with Crippen molar-refractivity contribution in [3.8, 4) is 62.1 Å². The van der Waals surface area contributed by atoms with E-state index in [9.17, 15) is 0 Å². The van der Waals surface area contributed by atoms with E-state index < -0.39 is 0 Å². The van der Waals surface area contributed by atoms with Crippen LogP contribution in [0.5, 0.6) is 0 Å². The van der Waals surface area contributed by atoms with Crippen molar-refractivity contribution in [1.82, 2.24) is 19.5 Å². The lowest BCUT2D eigenvalue weighted by Gasteiger charge is -2.13. The van der Waals surface area contributed by atoms with Gasteiger partial charge in [-0.1, -0.05) is 158 Å². The molecule has 0 fully saturated rings. The van der Waals surface area contributed by atoms with E-state index in [2.05, 4.69) is 174 Å². The Morgan fingerprint density at radius 3 is 1.55 bits per heavy atom. The fourth-order valence-electron chi connectivity index (χ4n) is 7.95. The van der Waals surface area contributed by atoms with Crippen molar-refractivity contribution >= 4 is 53.3 Å². The van der Waals surface area contributed by atoms with E-state index in [0.29, 0.717) is 17.5 Å². The molecule has 0 amide bonds. The standard InChI is InChI=1S/C51H32N4S/c1-4-14-33(15-5-1)35-24-26-37(27-25-35)50-52-49(36-18-8-3-9-19-36)53-51(54-50)44-32-39(31-43-41-21-11-13-23-47(41)56-48(43)44)55-45-22-12-10-20-40(45)42-30-38(28-29-46(42)55)34-16-6-2-7-17-34/h1-32H. The number of nitrogens with zero attached hydrogens (tertiary/aromatic N) is 4. The summed E-state index contributed by atoms with van der Waals surface area (Å²) >= 11 is 1.79. The Morgan fingerprint density at radius 1 is 0.339 bits per heavy atom. The van der Waals surface area contributed by atoms with Gasteiger partial charge >= 0.3 is 0 Å². The highest BCUT2D eigenvalue weighted by molar-refractivity contribution is 7.26. The molecule has 3 heterocycles. The highest BCUT2D eigenvalue weighted by Gasteiger charge is 2.21. The molecule has 56 heavy (non-hydrogen) atoms. The molecule has 0 N–H and O–H groups in total. The van der Waals surface area contributed by atoms with Crippen LogP contribution in [0.2, 0.25) is 0 Å². The van der Waals surface area contributed by atoms with E-state index in [1.807, 2.05) is 24.3 Å². The summed E-state index contributed by atoms with van der Waals surface area (Å²) in [5.41, 5.74) is 10.9. The summed E-state index contributed by atoms with van der Waals surface area (Å²) in [6, 6.07) is 68.6. The van der Waals surface area contributed by atoms with Crippen LogP contribution in [0.4, 0.5) is 0 Å². The average Bonchev–Trinajstić information content (AvgIpc) is 3.82. The molecule has 0 unspecified atom stereocenters. The molecule has 0 radical (unpaired) electrons. The van der Waals surface area contributed by atoms with Gasteiger partial charge in [0.05, 0.1) is 11.0 Å². The third kappa shape index (κ3) is 5.48. The summed E-state index contributed by atoms with van der Waals surface area (Å²) < 4.78 is 4.78. The maximum Gasteiger partial charge on any atom is 0.165 e. The molecule has 0 aliphatic rings. The molecule has 0 aliphatic carbocycles. The van der Waals surface area contributed by atoms with Crippen LogP contribution in [0, 0.1) is 0 Å². The lowest BCUT2D eigenvalue weighted by molar-refractivity contribution is 1.07. The van der Waals surface area contributed by atoms with Gasteiger partial charge in [-0.3, -0.25) is 0 Å². The van der Waals surface area contributed by atoms with Crippen LogP contribution in [-0.4, -0.2) is 19.5 Å². The largest absolute Gasteiger partial charge is 0.309 e. The molecule has 0 aliphatic heterocycles. The number of para-hydroxylation sites is 1. The third-order valence-corrected chi connectivity index (χ3v) is 11.9. The zero-order valence-electron chi connectivity index (χ0n) is 30.2. The van der Waals surface area contributed by atoms with Gasteiger partial charge in [-0.05, 0) is 58.7 Å². The number of thiophene rings is 1. The van der Waals surface area contributed by atoms with Gasteiger partial charge in [0.2, 0.25) is 0 Å². The highest BCUT2D eigenvalue weighted by atomic mass is 32.1. The Balaban J connectivity index is 1.16. The Labute approximate surface area is 327 Å². The van der Waals surface area contributed by atoms with E-state index in [0.717, 1.165) is 43.7 Å². The third-order valence-electron chi connectivity index (χ3n) is 10.7. The Hall–Kier alpha value is -7.21. The lowest BCUT2D eigenvalue weighted by Crippen LogP contribution is -2.01. The van der Waals surface area contributed by atoms with Gasteiger partial charge in [-0.2, -0.15) is 0 Å². The Kier molecular flexibility index (Phi) is 7.64.